The molecule has 126 valence electrons. The van der Waals surface area contributed by atoms with Crippen molar-refractivity contribution in [3.05, 3.63) is 103 Å². The lowest BCUT2D eigenvalue weighted by Crippen LogP contribution is -1.97. The number of aromatic nitrogens is 2. The van der Waals surface area contributed by atoms with Gasteiger partial charge in [-0.1, -0.05) is 30.3 Å². The van der Waals surface area contributed by atoms with E-state index < -0.39 is 0 Å². The largest absolute Gasteiger partial charge is 0.444 e. The van der Waals surface area contributed by atoms with E-state index in [1.54, 1.807) is 18.6 Å². The summed E-state index contributed by atoms with van der Waals surface area (Å²) in [7, 11) is 0. The molecule has 2 heterocycles. The predicted octanol–water partition coefficient (Wildman–Crippen LogP) is 5.61. The first kappa shape index (κ1) is 15.9. The monoisotopic (exact) mass is 340 g/mol. The normalized spacial score (nSPS) is 12.3. The first-order valence-electron chi connectivity index (χ1n) is 8.25. The van der Waals surface area contributed by atoms with E-state index >= 15 is 0 Å². The van der Waals surface area contributed by atoms with Gasteiger partial charge in [-0.05, 0) is 47.5 Å². The molecule has 0 radical (unpaired) electrons. The molecule has 0 saturated heterocycles. The molecule has 26 heavy (non-hydrogen) atoms. The molecule has 0 N–H and O–H groups in total. The third-order valence-electron chi connectivity index (χ3n) is 4.01. The maximum atomic E-state index is 5.30. The van der Waals surface area contributed by atoms with Gasteiger partial charge in [0.2, 0.25) is 0 Å². The van der Waals surface area contributed by atoms with Crippen molar-refractivity contribution in [1.29, 1.82) is 0 Å². The first-order valence-corrected chi connectivity index (χ1v) is 8.25. The van der Waals surface area contributed by atoms with Gasteiger partial charge in [-0.3, -0.25) is 4.98 Å². The summed E-state index contributed by atoms with van der Waals surface area (Å²) in [5.74, 6) is 0.729. The summed E-state index contributed by atoms with van der Waals surface area (Å²) in [5.41, 5.74) is 3.87. The van der Waals surface area contributed by atoms with Gasteiger partial charge >= 0.3 is 0 Å². The molecule has 2 aromatic heterocycles. The minimum Gasteiger partial charge on any atom is -0.444 e. The first-order chi connectivity index (χ1) is 12.9. The molecule has 0 bridgehead atoms. The van der Waals surface area contributed by atoms with Gasteiger partial charge in [0, 0.05) is 18.0 Å². The highest BCUT2D eigenvalue weighted by molar-refractivity contribution is 5.59. The summed E-state index contributed by atoms with van der Waals surface area (Å²) < 4.78 is 5.30. The fourth-order valence-electron chi connectivity index (χ4n) is 2.68. The second-order valence-electron chi connectivity index (χ2n) is 5.72. The Bertz CT molecular complexity index is 926. The maximum absolute atomic E-state index is 5.30. The summed E-state index contributed by atoms with van der Waals surface area (Å²) in [6.45, 7) is 0. The van der Waals surface area contributed by atoms with E-state index in [0.717, 1.165) is 28.1 Å². The number of oxazole rings is 1. The van der Waals surface area contributed by atoms with Crippen molar-refractivity contribution in [2.75, 3.05) is 0 Å². The van der Waals surface area contributed by atoms with Crippen LogP contribution in [0, 0.1) is 0 Å². The van der Waals surface area contributed by atoms with Crippen LogP contribution >= 0.6 is 0 Å². The van der Waals surface area contributed by atoms with Crippen LogP contribution in [0.2, 0.25) is 0 Å². The molecule has 5 nitrogen and oxygen atoms in total. The van der Waals surface area contributed by atoms with E-state index in [4.69, 9.17) is 4.42 Å². The molecule has 4 aromatic rings. The molecule has 0 saturated carbocycles. The standard InChI is InChI=1S/C21H16N4O/c1-2-4-17(5-3-1)21(18-10-12-22-13-11-18)25-24-19-8-6-16(7-9-19)20-14-23-15-26-20/h1-15,21H. The summed E-state index contributed by atoms with van der Waals surface area (Å²) >= 11 is 0. The summed E-state index contributed by atoms with van der Waals surface area (Å²) in [6.07, 6.45) is 6.65. The van der Waals surface area contributed by atoms with Crippen LogP contribution < -0.4 is 0 Å². The number of rotatable bonds is 5. The summed E-state index contributed by atoms with van der Waals surface area (Å²) in [5, 5.41) is 9.03. The Hall–Kier alpha value is -3.60. The molecule has 0 spiro atoms. The molecular formula is C21H16N4O. The van der Waals surface area contributed by atoms with E-state index in [0.29, 0.717) is 0 Å². The summed E-state index contributed by atoms with van der Waals surface area (Å²) in [4.78, 5) is 8.02. The highest BCUT2D eigenvalue weighted by Gasteiger charge is 2.12. The quantitative estimate of drug-likeness (QED) is 0.444. The van der Waals surface area contributed by atoms with Crippen molar-refractivity contribution in [2.24, 2.45) is 10.2 Å². The van der Waals surface area contributed by atoms with Crippen molar-refractivity contribution in [2.45, 2.75) is 6.04 Å². The smallest absolute Gasteiger partial charge is 0.181 e. The topological polar surface area (TPSA) is 63.6 Å². The van der Waals surface area contributed by atoms with Crippen molar-refractivity contribution < 1.29 is 4.42 Å². The number of pyridine rings is 1. The number of hydrogen-bond acceptors (Lipinski definition) is 5. The third kappa shape index (κ3) is 3.57. The molecule has 0 aliphatic carbocycles. The minimum absolute atomic E-state index is 0.173. The number of nitrogens with zero attached hydrogens (tertiary/aromatic N) is 4. The average molecular weight is 340 g/mol. The molecular weight excluding hydrogens is 324 g/mol. The molecule has 0 amide bonds. The van der Waals surface area contributed by atoms with E-state index in [2.05, 4.69) is 32.3 Å². The lowest BCUT2D eigenvalue weighted by molar-refractivity contribution is 0.572. The zero-order valence-corrected chi connectivity index (χ0v) is 13.9. The second kappa shape index (κ2) is 7.53. The molecule has 2 aromatic carbocycles. The minimum atomic E-state index is -0.173. The molecule has 1 atom stereocenters. The van der Waals surface area contributed by atoms with Crippen molar-refractivity contribution in [3.8, 4) is 11.3 Å². The molecule has 5 heteroatoms. The van der Waals surface area contributed by atoms with Gasteiger partial charge in [0.05, 0.1) is 11.9 Å². The van der Waals surface area contributed by atoms with E-state index in [1.165, 1.54) is 6.39 Å². The van der Waals surface area contributed by atoms with Crippen LogP contribution in [0.1, 0.15) is 17.2 Å². The molecule has 0 aliphatic rings. The fourth-order valence-corrected chi connectivity index (χ4v) is 2.68. The third-order valence-corrected chi connectivity index (χ3v) is 4.01. The fraction of sp³-hybridized carbons (Fsp3) is 0.0476. The van der Waals surface area contributed by atoms with Crippen LogP contribution in [0.4, 0.5) is 5.69 Å². The van der Waals surface area contributed by atoms with Gasteiger partial charge in [-0.2, -0.15) is 10.2 Å². The van der Waals surface area contributed by atoms with Gasteiger partial charge in [0.25, 0.3) is 0 Å². The highest BCUT2D eigenvalue weighted by Crippen LogP contribution is 2.28. The van der Waals surface area contributed by atoms with Gasteiger partial charge in [0.1, 0.15) is 6.04 Å². The number of hydrogen-bond donors (Lipinski definition) is 0. The van der Waals surface area contributed by atoms with Gasteiger partial charge in [-0.25, -0.2) is 4.98 Å². The Labute approximate surface area is 151 Å². The Balaban J connectivity index is 1.61. The van der Waals surface area contributed by atoms with Crippen LogP contribution in [0.25, 0.3) is 11.3 Å². The van der Waals surface area contributed by atoms with E-state index in [1.807, 2.05) is 54.6 Å². The van der Waals surface area contributed by atoms with Crippen molar-refractivity contribution >= 4 is 5.69 Å². The zero-order chi connectivity index (χ0) is 17.6. The molecule has 0 aliphatic heterocycles. The zero-order valence-electron chi connectivity index (χ0n) is 13.9. The van der Waals surface area contributed by atoms with Gasteiger partial charge < -0.3 is 4.42 Å². The van der Waals surface area contributed by atoms with Crippen molar-refractivity contribution in [3.63, 3.8) is 0 Å². The number of benzene rings is 2. The number of azo groups is 1. The average Bonchev–Trinajstić information content (AvgIpc) is 3.25. The van der Waals surface area contributed by atoms with Crippen molar-refractivity contribution in [1.82, 2.24) is 9.97 Å². The van der Waals surface area contributed by atoms with Crippen LogP contribution in [0.5, 0.6) is 0 Å². The summed E-state index contributed by atoms with van der Waals surface area (Å²) in [6, 6.07) is 21.6. The Kier molecular flexibility index (Phi) is 4.60. The van der Waals surface area contributed by atoms with Gasteiger partial charge in [-0.15, -0.1) is 0 Å². The second-order valence-corrected chi connectivity index (χ2v) is 5.72. The molecule has 0 fully saturated rings. The van der Waals surface area contributed by atoms with Crippen LogP contribution in [0.3, 0.4) is 0 Å². The van der Waals surface area contributed by atoms with Crippen LogP contribution in [0.15, 0.2) is 106 Å². The molecule has 4 rings (SSSR count). The van der Waals surface area contributed by atoms with E-state index in [9.17, 15) is 0 Å². The Morgan fingerprint density at radius 1 is 0.769 bits per heavy atom. The lowest BCUT2D eigenvalue weighted by Gasteiger charge is -2.11. The Morgan fingerprint density at radius 3 is 2.19 bits per heavy atom. The van der Waals surface area contributed by atoms with E-state index in [-0.39, 0.29) is 6.04 Å². The maximum Gasteiger partial charge on any atom is 0.181 e. The van der Waals surface area contributed by atoms with Crippen LogP contribution in [-0.4, -0.2) is 9.97 Å². The molecule has 1 unspecified atom stereocenters. The predicted molar refractivity (Wildman–Crippen MR) is 99.0 cm³/mol. The highest BCUT2D eigenvalue weighted by atomic mass is 16.3. The van der Waals surface area contributed by atoms with Crippen LogP contribution in [-0.2, 0) is 0 Å². The van der Waals surface area contributed by atoms with Gasteiger partial charge in [0.15, 0.2) is 12.2 Å². The SMILES string of the molecule is c1ccc(C(N=Nc2ccc(-c3cnco3)cc2)c2ccncc2)cc1. The lowest BCUT2D eigenvalue weighted by atomic mass is 10.0. The Morgan fingerprint density at radius 2 is 1.50 bits per heavy atom.